The van der Waals surface area contributed by atoms with Crippen molar-refractivity contribution in [1.82, 2.24) is 9.97 Å². The summed E-state index contributed by atoms with van der Waals surface area (Å²) in [5.41, 5.74) is 3.69. The number of aromatic nitrogens is 2. The summed E-state index contributed by atoms with van der Waals surface area (Å²) in [6, 6.07) is 5.19. The van der Waals surface area contributed by atoms with Crippen molar-refractivity contribution in [1.29, 1.82) is 0 Å². The zero-order chi connectivity index (χ0) is 13.6. The highest BCUT2D eigenvalue weighted by molar-refractivity contribution is 6.38. The van der Waals surface area contributed by atoms with Crippen molar-refractivity contribution in [3.8, 4) is 0 Å². The molecule has 0 bridgehead atoms. The molecule has 0 spiro atoms. The van der Waals surface area contributed by atoms with Crippen LogP contribution < -0.4 is 0 Å². The van der Waals surface area contributed by atoms with Crippen LogP contribution in [0.5, 0.6) is 0 Å². The number of Topliss-reactive ketones (excluding diaryl/α,β-unsaturated/α-hetero) is 1. The van der Waals surface area contributed by atoms with Crippen molar-refractivity contribution in [3.05, 3.63) is 58.7 Å². The van der Waals surface area contributed by atoms with E-state index >= 15 is 0 Å². The van der Waals surface area contributed by atoms with E-state index in [1.165, 1.54) is 12.3 Å². The molecule has 0 saturated heterocycles. The molecule has 19 heavy (non-hydrogen) atoms. The number of pyridine rings is 1. The van der Waals surface area contributed by atoms with Gasteiger partial charge in [0, 0.05) is 28.7 Å². The molecule has 0 saturated carbocycles. The molecular weight excluding hydrogens is 240 g/mol. The molecule has 0 radical (unpaired) electrons. The molecule has 2 aromatic heterocycles. The van der Waals surface area contributed by atoms with Crippen LogP contribution in [0, 0.1) is 13.8 Å². The highest BCUT2D eigenvalue weighted by Gasteiger charge is 2.28. The van der Waals surface area contributed by atoms with E-state index < -0.39 is 0 Å². The number of H-pyrrole nitrogens is 1. The second kappa shape index (κ2) is 4.02. The van der Waals surface area contributed by atoms with Crippen LogP contribution in [0.1, 0.15) is 37.8 Å². The molecule has 94 valence electrons. The molecule has 1 aliphatic carbocycles. The predicted octanol–water partition coefficient (Wildman–Crippen LogP) is 2.49. The van der Waals surface area contributed by atoms with Crippen LogP contribution in [0.15, 0.2) is 30.5 Å². The first-order chi connectivity index (χ1) is 9.08. The van der Waals surface area contributed by atoms with Crippen LogP contribution in [0.3, 0.4) is 0 Å². The summed E-state index contributed by atoms with van der Waals surface area (Å²) < 4.78 is 0. The second-order valence-corrected chi connectivity index (χ2v) is 4.64. The zero-order valence-corrected chi connectivity index (χ0v) is 10.7. The van der Waals surface area contributed by atoms with Gasteiger partial charge in [0.2, 0.25) is 5.78 Å². The molecule has 0 aliphatic heterocycles. The van der Waals surface area contributed by atoms with Crippen LogP contribution in [0.2, 0.25) is 0 Å². The van der Waals surface area contributed by atoms with Crippen LogP contribution in [0.4, 0.5) is 0 Å². The fraction of sp³-hybridized carbons (Fsp3) is 0.133. The first kappa shape index (κ1) is 11.6. The maximum absolute atomic E-state index is 12.4. The number of rotatable bonds is 1. The van der Waals surface area contributed by atoms with Crippen LogP contribution in [-0.2, 0) is 0 Å². The van der Waals surface area contributed by atoms with Gasteiger partial charge in [0.05, 0.1) is 5.56 Å². The third-order valence-corrected chi connectivity index (χ3v) is 3.25. The maximum atomic E-state index is 12.4. The number of aryl methyl sites for hydroxylation is 2. The third-order valence-electron chi connectivity index (χ3n) is 3.25. The van der Waals surface area contributed by atoms with Crippen molar-refractivity contribution < 1.29 is 9.59 Å². The number of carbonyl (C=O) groups is 2. The molecule has 1 N–H and O–H groups in total. The standard InChI is InChI=1S/C15H12N2O2/c1-8-6-11(9(2)17-8)12-7-13(18)14-10(15(12)19)4-3-5-16-14/h3-7,17H,1-2H3. The lowest BCUT2D eigenvalue weighted by atomic mass is 9.89. The number of fused-ring (bicyclic) bond motifs is 1. The van der Waals surface area contributed by atoms with E-state index in [-0.39, 0.29) is 17.3 Å². The quantitative estimate of drug-likeness (QED) is 0.848. The van der Waals surface area contributed by atoms with Gasteiger partial charge in [0.15, 0.2) is 5.78 Å². The molecule has 4 heteroatoms. The van der Waals surface area contributed by atoms with Gasteiger partial charge in [-0.2, -0.15) is 0 Å². The molecule has 2 aromatic rings. The minimum Gasteiger partial charge on any atom is -0.362 e. The average Bonchev–Trinajstić information content (AvgIpc) is 2.73. The molecule has 0 aromatic carbocycles. The fourth-order valence-electron chi connectivity index (χ4n) is 2.40. The largest absolute Gasteiger partial charge is 0.362 e. The van der Waals surface area contributed by atoms with Crippen molar-refractivity contribution in [2.24, 2.45) is 0 Å². The van der Waals surface area contributed by atoms with Gasteiger partial charge in [-0.25, -0.2) is 0 Å². The van der Waals surface area contributed by atoms with Crippen molar-refractivity contribution >= 4 is 17.1 Å². The van der Waals surface area contributed by atoms with Crippen molar-refractivity contribution in [3.63, 3.8) is 0 Å². The molecule has 0 atom stereocenters. The number of nitrogens with one attached hydrogen (secondary N) is 1. The lowest BCUT2D eigenvalue weighted by molar-refractivity contribution is 0.0997. The Morgan fingerprint density at radius 3 is 2.63 bits per heavy atom. The molecule has 4 nitrogen and oxygen atoms in total. The Morgan fingerprint density at radius 1 is 1.16 bits per heavy atom. The highest BCUT2D eigenvalue weighted by atomic mass is 16.1. The normalized spacial score (nSPS) is 14.3. The smallest absolute Gasteiger partial charge is 0.205 e. The maximum Gasteiger partial charge on any atom is 0.205 e. The van der Waals surface area contributed by atoms with E-state index in [1.54, 1.807) is 12.1 Å². The van der Waals surface area contributed by atoms with E-state index in [0.29, 0.717) is 11.1 Å². The number of carbonyl (C=O) groups excluding carboxylic acids is 2. The number of hydrogen-bond donors (Lipinski definition) is 1. The van der Waals surface area contributed by atoms with Crippen LogP contribution in [-0.4, -0.2) is 21.5 Å². The van der Waals surface area contributed by atoms with Gasteiger partial charge in [-0.05, 0) is 38.1 Å². The van der Waals surface area contributed by atoms with Gasteiger partial charge in [-0.3, -0.25) is 14.6 Å². The zero-order valence-electron chi connectivity index (χ0n) is 10.7. The number of ketones is 2. The van der Waals surface area contributed by atoms with Gasteiger partial charge in [0.1, 0.15) is 5.69 Å². The number of hydrogen-bond acceptors (Lipinski definition) is 3. The number of aromatic amines is 1. The first-order valence-electron chi connectivity index (χ1n) is 6.00. The van der Waals surface area contributed by atoms with Gasteiger partial charge >= 0.3 is 0 Å². The van der Waals surface area contributed by atoms with E-state index in [0.717, 1.165) is 17.0 Å². The van der Waals surface area contributed by atoms with E-state index in [2.05, 4.69) is 9.97 Å². The Bertz CT molecular complexity index is 738. The van der Waals surface area contributed by atoms with E-state index in [4.69, 9.17) is 0 Å². The van der Waals surface area contributed by atoms with Gasteiger partial charge < -0.3 is 4.98 Å². The molecule has 2 heterocycles. The Balaban J connectivity index is 2.18. The fourth-order valence-corrected chi connectivity index (χ4v) is 2.40. The average molecular weight is 252 g/mol. The predicted molar refractivity (Wildman–Crippen MR) is 71.1 cm³/mol. The summed E-state index contributed by atoms with van der Waals surface area (Å²) in [6.07, 6.45) is 2.90. The molecule has 0 fully saturated rings. The summed E-state index contributed by atoms with van der Waals surface area (Å²) in [6.45, 7) is 3.81. The topological polar surface area (TPSA) is 62.8 Å². The SMILES string of the molecule is Cc1cc(C2=CC(=O)c3ncccc3C2=O)c(C)[nH]1. The molecule has 3 rings (SSSR count). The second-order valence-electron chi connectivity index (χ2n) is 4.64. The lowest BCUT2D eigenvalue weighted by Crippen LogP contribution is -2.17. The Kier molecular flexibility index (Phi) is 2.45. The third kappa shape index (κ3) is 1.73. The number of nitrogens with zero attached hydrogens (tertiary/aromatic N) is 1. The summed E-state index contributed by atoms with van der Waals surface area (Å²) >= 11 is 0. The van der Waals surface area contributed by atoms with Crippen LogP contribution >= 0.6 is 0 Å². The Hall–Kier alpha value is -2.49. The summed E-state index contributed by atoms with van der Waals surface area (Å²) in [5, 5.41) is 0. The lowest BCUT2D eigenvalue weighted by Gasteiger charge is -2.13. The van der Waals surface area contributed by atoms with Gasteiger partial charge in [-0.1, -0.05) is 0 Å². The summed E-state index contributed by atoms with van der Waals surface area (Å²) in [5.74, 6) is -0.367. The molecule has 1 aliphatic rings. The minimum atomic E-state index is -0.219. The van der Waals surface area contributed by atoms with Crippen LogP contribution in [0.25, 0.3) is 5.57 Å². The van der Waals surface area contributed by atoms with E-state index in [1.807, 2.05) is 19.9 Å². The van der Waals surface area contributed by atoms with Crippen molar-refractivity contribution in [2.75, 3.05) is 0 Å². The first-order valence-corrected chi connectivity index (χ1v) is 6.00. The highest BCUT2D eigenvalue weighted by Crippen LogP contribution is 2.28. The Labute approximate surface area is 110 Å². The molecule has 0 unspecified atom stereocenters. The summed E-state index contributed by atoms with van der Waals surface area (Å²) in [4.78, 5) is 31.6. The minimum absolute atomic E-state index is 0.148. The van der Waals surface area contributed by atoms with Gasteiger partial charge in [-0.15, -0.1) is 0 Å². The molecular formula is C15H12N2O2. The summed E-state index contributed by atoms with van der Waals surface area (Å²) in [7, 11) is 0. The molecule has 0 amide bonds. The Morgan fingerprint density at radius 2 is 1.95 bits per heavy atom. The van der Waals surface area contributed by atoms with E-state index in [9.17, 15) is 9.59 Å². The van der Waals surface area contributed by atoms with Gasteiger partial charge in [0.25, 0.3) is 0 Å². The van der Waals surface area contributed by atoms with Crippen molar-refractivity contribution in [2.45, 2.75) is 13.8 Å². The monoisotopic (exact) mass is 252 g/mol. The number of allylic oxidation sites excluding steroid dienone is 2.